The fraction of sp³-hybridized carbons (Fsp3) is 0.750. The Morgan fingerprint density at radius 1 is 1.33 bits per heavy atom. The summed E-state index contributed by atoms with van der Waals surface area (Å²) in [6, 6.07) is -0.368. The molecule has 0 aromatic heterocycles. The molecule has 2 aliphatic heterocycles. The monoisotopic (exact) mass is 254 g/mol. The summed E-state index contributed by atoms with van der Waals surface area (Å²) < 4.78 is 0. The number of piperidine rings is 1. The largest absolute Gasteiger partial charge is 0.481 e. The lowest BCUT2D eigenvalue weighted by atomic mass is 9.96. The van der Waals surface area contributed by atoms with Gasteiger partial charge < -0.3 is 5.11 Å². The molecule has 0 spiro atoms. The number of hydrogen-bond acceptors (Lipinski definition) is 4. The van der Waals surface area contributed by atoms with Crippen molar-refractivity contribution in [1.82, 2.24) is 9.80 Å². The van der Waals surface area contributed by atoms with E-state index in [0.29, 0.717) is 32.5 Å². The summed E-state index contributed by atoms with van der Waals surface area (Å²) in [6.45, 7) is 3.37. The summed E-state index contributed by atoms with van der Waals surface area (Å²) in [6.07, 6.45) is 1.35. The minimum absolute atomic E-state index is 0.118. The lowest BCUT2D eigenvalue weighted by Crippen LogP contribution is -2.46. The third kappa shape index (κ3) is 2.25. The van der Waals surface area contributed by atoms with Crippen molar-refractivity contribution in [2.45, 2.75) is 32.2 Å². The molecule has 0 aliphatic carbocycles. The number of carboxylic acid groups (broad SMARTS) is 1. The number of rotatable bonds is 3. The fourth-order valence-electron chi connectivity index (χ4n) is 2.74. The number of amides is 2. The number of carboxylic acids is 1. The van der Waals surface area contributed by atoms with Gasteiger partial charge in [-0.3, -0.25) is 24.2 Å². The zero-order valence-electron chi connectivity index (χ0n) is 10.5. The van der Waals surface area contributed by atoms with Gasteiger partial charge in [-0.15, -0.1) is 0 Å². The molecule has 1 unspecified atom stereocenters. The molecule has 2 fully saturated rings. The molecule has 0 saturated carbocycles. The van der Waals surface area contributed by atoms with E-state index in [1.807, 2.05) is 4.90 Å². The highest BCUT2D eigenvalue weighted by Crippen LogP contribution is 2.24. The number of carbonyl (C=O) groups is 3. The summed E-state index contributed by atoms with van der Waals surface area (Å²) in [5.41, 5.74) is 0. The van der Waals surface area contributed by atoms with Crippen molar-refractivity contribution in [3.63, 3.8) is 0 Å². The van der Waals surface area contributed by atoms with Crippen molar-refractivity contribution < 1.29 is 19.5 Å². The highest BCUT2D eigenvalue weighted by Gasteiger charge is 2.42. The zero-order valence-corrected chi connectivity index (χ0v) is 10.5. The zero-order chi connectivity index (χ0) is 13.3. The molecule has 6 heteroatoms. The van der Waals surface area contributed by atoms with Gasteiger partial charge in [0.15, 0.2) is 0 Å². The topological polar surface area (TPSA) is 77.9 Å². The molecule has 6 nitrogen and oxygen atoms in total. The molecule has 0 bridgehead atoms. The summed E-state index contributed by atoms with van der Waals surface area (Å²) >= 11 is 0. The smallest absolute Gasteiger partial charge is 0.306 e. The predicted octanol–water partition coefficient (Wildman–Crippen LogP) is -0.0696. The van der Waals surface area contributed by atoms with Crippen LogP contribution < -0.4 is 0 Å². The molecule has 0 radical (unpaired) electrons. The summed E-state index contributed by atoms with van der Waals surface area (Å²) in [5.74, 6) is -1.32. The molecule has 0 aromatic carbocycles. The molecule has 2 aliphatic rings. The first-order chi connectivity index (χ1) is 8.54. The summed E-state index contributed by atoms with van der Waals surface area (Å²) in [5, 5.41) is 8.92. The number of aliphatic carboxylic acids is 1. The molecule has 100 valence electrons. The Morgan fingerprint density at radius 3 is 2.39 bits per heavy atom. The number of hydrogen-bond donors (Lipinski definition) is 1. The van der Waals surface area contributed by atoms with E-state index < -0.39 is 5.97 Å². The van der Waals surface area contributed by atoms with E-state index in [1.54, 1.807) is 6.92 Å². The van der Waals surface area contributed by atoms with E-state index in [2.05, 4.69) is 0 Å². The fourth-order valence-corrected chi connectivity index (χ4v) is 2.74. The van der Waals surface area contributed by atoms with Crippen LogP contribution in [0.25, 0.3) is 0 Å². The van der Waals surface area contributed by atoms with Gasteiger partial charge in [0.05, 0.1) is 18.4 Å². The van der Waals surface area contributed by atoms with Gasteiger partial charge in [-0.05, 0) is 32.9 Å². The molecular weight excluding hydrogens is 236 g/mol. The van der Waals surface area contributed by atoms with E-state index in [-0.39, 0.29) is 30.2 Å². The molecule has 0 aromatic rings. The second-order valence-electron chi connectivity index (χ2n) is 4.84. The van der Waals surface area contributed by atoms with Gasteiger partial charge in [-0.2, -0.15) is 0 Å². The Kier molecular flexibility index (Phi) is 3.65. The number of likely N-dealkylation sites (N-methyl/N-ethyl adjacent to an activating group) is 1. The average Bonchev–Trinajstić information content (AvgIpc) is 2.64. The van der Waals surface area contributed by atoms with E-state index >= 15 is 0 Å². The van der Waals surface area contributed by atoms with Crippen molar-refractivity contribution in [2.24, 2.45) is 5.92 Å². The van der Waals surface area contributed by atoms with Crippen LogP contribution in [0.4, 0.5) is 0 Å². The van der Waals surface area contributed by atoms with Crippen molar-refractivity contribution in [3.05, 3.63) is 0 Å². The number of carbonyl (C=O) groups excluding carboxylic acids is 2. The van der Waals surface area contributed by atoms with Crippen LogP contribution in [0.15, 0.2) is 0 Å². The number of imide groups is 1. The van der Waals surface area contributed by atoms with E-state index in [4.69, 9.17) is 5.11 Å². The van der Waals surface area contributed by atoms with Crippen LogP contribution in [0.1, 0.15) is 26.2 Å². The van der Waals surface area contributed by atoms with Crippen LogP contribution >= 0.6 is 0 Å². The summed E-state index contributed by atoms with van der Waals surface area (Å²) in [4.78, 5) is 37.7. The van der Waals surface area contributed by atoms with Gasteiger partial charge in [-0.25, -0.2) is 0 Å². The van der Waals surface area contributed by atoms with Crippen LogP contribution in [0.5, 0.6) is 0 Å². The predicted molar refractivity (Wildman–Crippen MR) is 62.7 cm³/mol. The van der Waals surface area contributed by atoms with Gasteiger partial charge in [0.1, 0.15) is 0 Å². The molecule has 1 atom stereocenters. The van der Waals surface area contributed by atoms with Crippen LogP contribution in [0.2, 0.25) is 0 Å². The molecule has 18 heavy (non-hydrogen) atoms. The van der Waals surface area contributed by atoms with Gasteiger partial charge in [0, 0.05) is 6.54 Å². The average molecular weight is 254 g/mol. The van der Waals surface area contributed by atoms with Crippen LogP contribution in [0, 0.1) is 5.92 Å². The molecular formula is C12H18N2O4. The minimum atomic E-state index is -0.765. The standard InChI is InChI=1S/C12H18N2O4/c1-2-14-10(15)7-9(11(14)16)13-5-3-8(4-6-13)12(17)18/h8-9H,2-7H2,1H3,(H,17,18). The quantitative estimate of drug-likeness (QED) is 0.713. The first-order valence-electron chi connectivity index (χ1n) is 6.35. The van der Waals surface area contributed by atoms with Gasteiger partial charge >= 0.3 is 5.97 Å². The maximum absolute atomic E-state index is 12.0. The molecule has 1 N–H and O–H groups in total. The van der Waals surface area contributed by atoms with Crippen LogP contribution in [0.3, 0.4) is 0 Å². The van der Waals surface area contributed by atoms with Crippen molar-refractivity contribution in [3.8, 4) is 0 Å². The van der Waals surface area contributed by atoms with Gasteiger partial charge in [0.2, 0.25) is 11.8 Å². The van der Waals surface area contributed by atoms with Gasteiger partial charge in [-0.1, -0.05) is 0 Å². The molecule has 2 rings (SSSR count). The SMILES string of the molecule is CCN1C(=O)CC(N2CCC(C(=O)O)CC2)C1=O. The molecule has 2 saturated heterocycles. The Balaban J connectivity index is 1.97. The van der Waals surface area contributed by atoms with Crippen LogP contribution in [-0.4, -0.2) is 58.4 Å². The minimum Gasteiger partial charge on any atom is -0.481 e. The third-order valence-electron chi connectivity index (χ3n) is 3.86. The van der Waals surface area contributed by atoms with E-state index in [0.717, 1.165) is 0 Å². The van der Waals surface area contributed by atoms with E-state index in [1.165, 1.54) is 4.90 Å². The second-order valence-corrected chi connectivity index (χ2v) is 4.84. The lowest BCUT2D eigenvalue weighted by molar-refractivity contribution is -0.143. The van der Waals surface area contributed by atoms with Gasteiger partial charge in [0.25, 0.3) is 0 Å². The van der Waals surface area contributed by atoms with E-state index in [9.17, 15) is 14.4 Å². The number of likely N-dealkylation sites (tertiary alicyclic amines) is 2. The maximum Gasteiger partial charge on any atom is 0.306 e. The maximum atomic E-state index is 12.0. The first kappa shape index (κ1) is 13.0. The second kappa shape index (κ2) is 5.06. The number of nitrogens with zero attached hydrogens (tertiary/aromatic N) is 2. The molecule has 2 heterocycles. The Morgan fingerprint density at radius 2 is 1.94 bits per heavy atom. The highest BCUT2D eigenvalue weighted by molar-refractivity contribution is 6.05. The Labute approximate surface area is 106 Å². The Hall–Kier alpha value is -1.43. The first-order valence-corrected chi connectivity index (χ1v) is 6.35. The van der Waals surface area contributed by atoms with Crippen molar-refractivity contribution >= 4 is 17.8 Å². The highest BCUT2D eigenvalue weighted by atomic mass is 16.4. The van der Waals surface area contributed by atoms with Crippen molar-refractivity contribution in [1.29, 1.82) is 0 Å². The lowest BCUT2D eigenvalue weighted by Gasteiger charge is -2.33. The summed E-state index contributed by atoms with van der Waals surface area (Å²) in [7, 11) is 0. The van der Waals surface area contributed by atoms with Crippen LogP contribution in [-0.2, 0) is 14.4 Å². The third-order valence-corrected chi connectivity index (χ3v) is 3.86. The normalized spacial score (nSPS) is 26.9. The van der Waals surface area contributed by atoms with Crippen molar-refractivity contribution in [2.75, 3.05) is 19.6 Å². The Bertz CT molecular complexity index is 374. The molecule has 2 amide bonds.